The summed E-state index contributed by atoms with van der Waals surface area (Å²) in [5.41, 5.74) is 0.846. The lowest BCUT2D eigenvalue weighted by atomic mass is 10.1. The van der Waals surface area contributed by atoms with Crippen molar-refractivity contribution >= 4 is 22.6 Å². The summed E-state index contributed by atoms with van der Waals surface area (Å²) in [6.45, 7) is 6.27. The smallest absolute Gasteiger partial charge is 0.264 e. The molecule has 0 unspecified atom stereocenters. The third-order valence-electron chi connectivity index (χ3n) is 3.83. The number of carbonyl (C=O) groups excluding carboxylic acids is 1. The number of amides is 1. The number of aromatic nitrogens is 4. The maximum absolute atomic E-state index is 12.6. The number of nitrogens with one attached hydrogen (secondary N) is 1. The number of carbonyl (C=O) groups is 1. The number of aryl methyl sites for hydroxylation is 1. The van der Waals surface area contributed by atoms with Crippen LogP contribution in [0.15, 0.2) is 47.7 Å². The molecule has 0 aliphatic rings. The van der Waals surface area contributed by atoms with E-state index < -0.39 is 0 Å². The van der Waals surface area contributed by atoms with Gasteiger partial charge >= 0.3 is 0 Å². The van der Waals surface area contributed by atoms with Gasteiger partial charge in [-0.05, 0) is 32.9 Å². The molecule has 0 saturated carbocycles. The molecule has 0 fully saturated rings. The molecule has 7 heteroatoms. The van der Waals surface area contributed by atoms with Gasteiger partial charge in [-0.3, -0.25) is 14.2 Å². The number of nitrogens with zero attached hydrogens (tertiary/aromatic N) is 4. The molecule has 1 amide bonds. The lowest BCUT2D eigenvalue weighted by molar-refractivity contribution is -0.116. The zero-order valence-corrected chi connectivity index (χ0v) is 14.6. The number of anilines is 1. The maximum atomic E-state index is 12.6. The second kappa shape index (κ2) is 6.51. The Balaban J connectivity index is 1.75. The molecule has 0 aliphatic carbocycles. The average molecular weight is 339 g/mol. The predicted molar refractivity (Wildman–Crippen MR) is 96.5 cm³/mol. The van der Waals surface area contributed by atoms with Crippen molar-refractivity contribution in [3.8, 4) is 0 Å². The average Bonchev–Trinajstić information content (AvgIpc) is 3.00. The number of fused-ring (bicyclic) bond motifs is 1. The van der Waals surface area contributed by atoms with Crippen molar-refractivity contribution in [3.63, 3.8) is 0 Å². The Kier molecular flexibility index (Phi) is 4.39. The minimum absolute atomic E-state index is 0.149. The van der Waals surface area contributed by atoms with Crippen LogP contribution in [0.3, 0.4) is 0 Å². The van der Waals surface area contributed by atoms with Gasteiger partial charge < -0.3 is 5.32 Å². The van der Waals surface area contributed by atoms with Crippen LogP contribution in [0.5, 0.6) is 0 Å². The third kappa shape index (κ3) is 3.60. The minimum Gasteiger partial charge on any atom is -0.326 e. The van der Waals surface area contributed by atoms with E-state index >= 15 is 0 Å². The molecule has 1 N–H and O–H groups in total. The molecule has 0 atom stereocenters. The molecule has 2 aromatic heterocycles. The van der Waals surface area contributed by atoms with E-state index in [-0.39, 0.29) is 30.0 Å². The molecule has 2 heterocycles. The van der Waals surface area contributed by atoms with Crippen molar-refractivity contribution in [2.45, 2.75) is 39.3 Å². The van der Waals surface area contributed by atoms with E-state index in [1.54, 1.807) is 4.68 Å². The Hall–Kier alpha value is -2.96. The van der Waals surface area contributed by atoms with E-state index in [1.807, 2.05) is 51.1 Å². The second-order valence-corrected chi connectivity index (χ2v) is 6.87. The molecule has 25 heavy (non-hydrogen) atoms. The van der Waals surface area contributed by atoms with E-state index in [2.05, 4.69) is 15.4 Å². The highest BCUT2D eigenvalue weighted by molar-refractivity contribution is 5.90. The number of benzene rings is 1. The standard InChI is InChI=1S/C18H21N5O2/c1-18(2,3)23-16-14(11-20-23)17(25)22(12-19-16)10-9-15(24)21-13-7-5-4-6-8-13/h4-8,11-12H,9-10H2,1-3H3,(H,21,24). The van der Waals surface area contributed by atoms with Crippen LogP contribution in [0.2, 0.25) is 0 Å². The van der Waals surface area contributed by atoms with Gasteiger partial charge in [-0.25, -0.2) is 9.67 Å². The van der Waals surface area contributed by atoms with Crippen LogP contribution < -0.4 is 10.9 Å². The zero-order chi connectivity index (χ0) is 18.0. The Morgan fingerprint density at radius 3 is 2.60 bits per heavy atom. The first kappa shape index (κ1) is 16.9. The normalized spacial score (nSPS) is 11.6. The SMILES string of the molecule is CC(C)(C)n1ncc2c(=O)n(CCC(=O)Nc3ccccc3)cnc21. The van der Waals surface area contributed by atoms with Crippen LogP contribution in [0.25, 0.3) is 11.0 Å². The van der Waals surface area contributed by atoms with E-state index in [9.17, 15) is 9.59 Å². The van der Waals surface area contributed by atoms with Gasteiger partial charge in [-0.2, -0.15) is 5.10 Å². The fourth-order valence-electron chi connectivity index (χ4n) is 2.57. The van der Waals surface area contributed by atoms with Crippen LogP contribution in [0, 0.1) is 0 Å². The highest BCUT2D eigenvalue weighted by Gasteiger charge is 2.19. The molecule has 7 nitrogen and oxygen atoms in total. The van der Waals surface area contributed by atoms with E-state index in [4.69, 9.17) is 0 Å². The maximum Gasteiger partial charge on any atom is 0.264 e. The lowest BCUT2D eigenvalue weighted by Crippen LogP contribution is -2.26. The Morgan fingerprint density at radius 2 is 1.92 bits per heavy atom. The highest BCUT2D eigenvalue weighted by atomic mass is 16.2. The first-order valence-corrected chi connectivity index (χ1v) is 8.15. The van der Waals surface area contributed by atoms with Crippen LogP contribution in [-0.4, -0.2) is 25.2 Å². The van der Waals surface area contributed by atoms with Gasteiger partial charge in [0, 0.05) is 18.7 Å². The molecule has 0 spiro atoms. The molecular weight excluding hydrogens is 318 g/mol. The Bertz CT molecular complexity index is 951. The molecule has 130 valence electrons. The van der Waals surface area contributed by atoms with E-state index in [1.165, 1.54) is 17.1 Å². The fourth-order valence-corrected chi connectivity index (χ4v) is 2.57. The number of hydrogen-bond acceptors (Lipinski definition) is 4. The summed E-state index contributed by atoms with van der Waals surface area (Å²) in [5, 5.41) is 7.54. The lowest BCUT2D eigenvalue weighted by Gasteiger charge is -2.19. The van der Waals surface area contributed by atoms with Crippen LogP contribution in [0.1, 0.15) is 27.2 Å². The molecule has 0 saturated heterocycles. The summed E-state index contributed by atoms with van der Waals surface area (Å²) in [6, 6.07) is 9.22. The number of hydrogen-bond donors (Lipinski definition) is 1. The van der Waals surface area contributed by atoms with Crippen molar-refractivity contribution in [2.24, 2.45) is 0 Å². The molecular formula is C18H21N5O2. The van der Waals surface area contributed by atoms with Gasteiger partial charge in [0.25, 0.3) is 5.56 Å². The number of rotatable bonds is 4. The van der Waals surface area contributed by atoms with Crippen molar-refractivity contribution in [1.82, 2.24) is 19.3 Å². The molecule has 0 aliphatic heterocycles. The Labute approximate surface area is 145 Å². The van der Waals surface area contributed by atoms with Crippen LogP contribution in [0.4, 0.5) is 5.69 Å². The van der Waals surface area contributed by atoms with Crippen molar-refractivity contribution in [3.05, 3.63) is 53.2 Å². The van der Waals surface area contributed by atoms with Crippen molar-refractivity contribution in [2.75, 3.05) is 5.32 Å². The van der Waals surface area contributed by atoms with Gasteiger partial charge in [-0.1, -0.05) is 18.2 Å². The summed E-state index contributed by atoms with van der Waals surface area (Å²) in [6.07, 6.45) is 3.20. The number of para-hydroxylation sites is 1. The van der Waals surface area contributed by atoms with Gasteiger partial charge in [0.2, 0.25) is 5.91 Å². The molecule has 3 aromatic rings. The quantitative estimate of drug-likeness (QED) is 0.791. The highest BCUT2D eigenvalue weighted by Crippen LogP contribution is 2.17. The Morgan fingerprint density at radius 1 is 1.20 bits per heavy atom. The molecule has 0 bridgehead atoms. The largest absolute Gasteiger partial charge is 0.326 e. The van der Waals surface area contributed by atoms with Crippen molar-refractivity contribution in [1.29, 1.82) is 0 Å². The van der Waals surface area contributed by atoms with Gasteiger partial charge in [-0.15, -0.1) is 0 Å². The fraction of sp³-hybridized carbons (Fsp3) is 0.333. The summed E-state index contributed by atoms with van der Waals surface area (Å²) in [4.78, 5) is 29.0. The van der Waals surface area contributed by atoms with Crippen LogP contribution >= 0.6 is 0 Å². The molecule has 0 radical (unpaired) electrons. The topological polar surface area (TPSA) is 81.8 Å². The van der Waals surface area contributed by atoms with Gasteiger partial charge in [0.1, 0.15) is 5.39 Å². The third-order valence-corrected chi connectivity index (χ3v) is 3.83. The predicted octanol–water partition coefficient (Wildman–Crippen LogP) is 2.38. The van der Waals surface area contributed by atoms with Gasteiger partial charge in [0.05, 0.1) is 18.1 Å². The van der Waals surface area contributed by atoms with E-state index in [0.29, 0.717) is 11.0 Å². The molecule has 3 rings (SSSR count). The van der Waals surface area contributed by atoms with Crippen LogP contribution in [-0.2, 0) is 16.9 Å². The van der Waals surface area contributed by atoms with E-state index in [0.717, 1.165) is 5.69 Å². The first-order chi connectivity index (χ1) is 11.9. The summed E-state index contributed by atoms with van der Waals surface area (Å²) in [5.74, 6) is -0.149. The van der Waals surface area contributed by atoms with Crippen molar-refractivity contribution < 1.29 is 4.79 Å². The minimum atomic E-state index is -0.261. The second-order valence-electron chi connectivity index (χ2n) is 6.87. The summed E-state index contributed by atoms with van der Waals surface area (Å²) in [7, 11) is 0. The zero-order valence-electron chi connectivity index (χ0n) is 14.6. The molecule has 1 aromatic carbocycles. The first-order valence-electron chi connectivity index (χ1n) is 8.15. The summed E-state index contributed by atoms with van der Waals surface area (Å²) < 4.78 is 3.18. The summed E-state index contributed by atoms with van der Waals surface area (Å²) >= 11 is 0. The monoisotopic (exact) mass is 339 g/mol. The van der Waals surface area contributed by atoms with Gasteiger partial charge in [0.15, 0.2) is 5.65 Å².